The number of hydrogen-bond donors (Lipinski definition) is 3. The number of thiophene rings is 1. The Morgan fingerprint density at radius 1 is 1.08 bits per heavy atom. The van der Waals surface area contributed by atoms with Crippen molar-refractivity contribution in [1.29, 1.82) is 0 Å². The molecule has 0 saturated carbocycles. The van der Waals surface area contributed by atoms with Gasteiger partial charge in [-0.3, -0.25) is 9.89 Å². The zero-order valence-electron chi connectivity index (χ0n) is 13.6. The Bertz CT molecular complexity index is 1230. The molecule has 0 spiro atoms. The number of nitrogens with one attached hydrogen (secondary N) is 3. The number of aromatic nitrogens is 3. The molecular weight excluding hydrogens is 344 g/mol. The summed E-state index contributed by atoms with van der Waals surface area (Å²) in [5.74, 6) is -0.120. The molecule has 0 unspecified atom stereocenters. The lowest BCUT2D eigenvalue weighted by atomic mass is 9.99. The molecule has 26 heavy (non-hydrogen) atoms. The normalized spacial score (nSPS) is 11.2. The Morgan fingerprint density at radius 2 is 2.04 bits per heavy atom. The summed E-state index contributed by atoms with van der Waals surface area (Å²) in [5.41, 5.74) is 5.49. The largest absolute Gasteiger partial charge is 0.361 e. The first kappa shape index (κ1) is 14.9. The average Bonchev–Trinajstić information content (AvgIpc) is 3.40. The van der Waals surface area contributed by atoms with E-state index in [-0.39, 0.29) is 5.91 Å². The third kappa shape index (κ3) is 2.39. The minimum atomic E-state index is -0.120. The summed E-state index contributed by atoms with van der Waals surface area (Å²) in [5, 5.41) is 15.9. The van der Waals surface area contributed by atoms with Gasteiger partial charge in [-0.15, -0.1) is 0 Å². The molecule has 3 aromatic heterocycles. The molecule has 0 saturated heterocycles. The number of rotatable bonds is 3. The SMILES string of the molecule is O=C(Nc1cc(-c2cccc3[nH]ccc23)cc2[nH]ncc12)c1ccsc1. The zero-order valence-corrected chi connectivity index (χ0v) is 14.4. The Morgan fingerprint density at radius 3 is 2.92 bits per heavy atom. The van der Waals surface area contributed by atoms with Crippen LogP contribution in [0.5, 0.6) is 0 Å². The Kier molecular flexibility index (Phi) is 3.36. The van der Waals surface area contributed by atoms with Crippen molar-refractivity contribution < 1.29 is 4.79 Å². The van der Waals surface area contributed by atoms with Gasteiger partial charge in [-0.2, -0.15) is 16.4 Å². The molecule has 126 valence electrons. The maximum Gasteiger partial charge on any atom is 0.256 e. The van der Waals surface area contributed by atoms with E-state index in [9.17, 15) is 4.79 Å². The number of aromatic amines is 2. The Hall–Kier alpha value is -3.38. The van der Waals surface area contributed by atoms with Crippen molar-refractivity contribution in [2.45, 2.75) is 0 Å². The summed E-state index contributed by atoms with van der Waals surface area (Å²) in [4.78, 5) is 15.8. The molecule has 5 aromatic rings. The van der Waals surface area contributed by atoms with Crippen molar-refractivity contribution in [3.05, 3.63) is 71.2 Å². The smallest absolute Gasteiger partial charge is 0.256 e. The van der Waals surface area contributed by atoms with Crippen LogP contribution in [0.15, 0.2) is 65.6 Å². The quantitative estimate of drug-likeness (QED) is 0.423. The molecule has 0 aliphatic heterocycles. The van der Waals surface area contributed by atoms with E-state index in [1.165, 1.54) is 11.3 Å². The second-order valence-electron chi connectivity index (χ2n) is 6.07. The maximum absolute atomic E-state index is 12.5. The van der Waals surface area contributed by atoms with E-state index in [0.29, 0.717) is 5.56 Å². The minimum absolute atomic E-state index is 0.120. The van der Waals surface area contributed by atoms with Gasteiger partial charge in [0.1, 0.15) is 0 Å². The van der Waals surface area contributed by atoms with Crippen LogP contribution in [0.4, 0.5) is 5.69 Å². The second-order valence-corrected chi connectivity index (χ2v) is 6.85. The van der Waals surface area contributed by atoms with E-state index in [0.717, 1.165) is 38.6 Å². The zero-order chi connectivity index (χ0) is 17.5. The Balaban J connectivity index is 1.66. The minimum Gasteiger partial charge on any atom is -0.361 e. The maximum atomic E-state index is 12.5. The lowest BCUT2D eigenvalue weighted by Gasteiger charge is -2.10. The first-order valence-electron chi connectivity index (χ1n) is 8.17. The van der Waals surface area contributed by atoms with Crippen molar-refractivity contribution >= 4 is 44.7 Å². The summed E-state index contributed by atoms with van der Waals surface area (Å²) in [6.45, 7) is 0. The highest BCUT2D eigenvalue weighted by Gasteiger charge is 2.13. The first-order chi connectivity index (χ1) is 12.8. The van der Waals surface area contributed by atoms with Crippen LogP contribution in [-0.2, 0) is 0 Å². The van der Waals surface area contributed by atoms with Crippen LogP contribution in [0.2, 0.25) is 0 Å². The van der Waals surface area contributed by atoms with Crippen LogP contribution in [0, 0.1) is 0 Å². The van der Waals surface area contributed by atoms with Crippen LogP contribution in [0.25, 0.3) is 32.9 Å². The monoisotopic (exact) mass is 358 g/mol. The molecule has 0 aliphatic rings. The highest BCUT2D eigenvalue weighted by Crippen LogP contribution is 2.34. The van der Waals surface area contributed by atoms with Crippen LogP contribution in [0.3, 0.4) is 0 Å². The van der Waals surface area contributed by atoms with E-state index < -0.39 is 0 Å². The number of carbonyl (C=O) groups excluding carboxylic acids is 1. The lowest BCUT2D eigenvalue weighted by Crippen LogP contribution is -2.11. The molecule has 6 heteroatoms. The number of hydrogen-bond acceptors (Lipinski definition) is 3. The number of amides is 1. The molecule has 3 heterocycles. The van der Waals surface area contributed by atoms with E-state index in [1.807, 2.05) is 41.2 Å². The number of fused-ring (bicyclic) bond motifs is 2. The van der Waals surface area contributed by atoms with Gasteiger partial charge in [-0.05, 0) is 46.8 Å². The molecule has 1 amide bonds. The van der Waals surface area contributed by atoms with Gasteiger partial charge >= 0.3 is 0 Å². The standard InChI is InChI=1S/C20H14N4OS/c25-20(12-5-7-26-11-12)23-18-8-13(9-19-16(18)10-22-24-19)14-2-1-3-17-15(14)4-6-21-17/h1-11,21H,(H,22,24)(H,23,25). The second kappa shape index (κ2) is 5.86. The van der Waals surface area contributed by atoms with Gasteiger partial charge in [0.15, 0.2) is 0 Å². The highest BCUT2D eigenvalue weighted by atomic mass is 32.1. The topological polar surface area (TPSA) is 73.6 Å². The number of benzene rings is 2. The average molecular weight is 358 g/mol. The fraction of sp³-hybridized carbons (Fsp3) is 0. The van der Waals surface area contributed by atoms with Gasteiger partial charge in [0.2, 0.25) is 0 Å². The van der Waals surface area contributed by atoms with Gasteiger partial charge in [0, 0.05) is 27.9 Å². The van der Waals surface area contributed by atoms with Gasteiger partial charge in [-0.25, -0.2) is 0 Å². The molecule has 0 aliphatic carbocycles. The van der Waals surface area contributed by atoms with Gasteiger partial charge in [-0.1, -0.05) is 12.1 Å². The third-order valence-electron chi connectivity index (χ3n) is 4.50. The predicted octanol–water partition coefficient (Wildman–Crippen LogP) is 5.03. The third-order valence-corrected chi connectivity index (χ3v) is 5.18. The molecule has 5 nitrogen and oxygen atoms in total. The van der Waals surface area contributed by atoms with Gasteiger partial charge in [0.05, 0.1) is 23.0 Å². The summed E-state index contributed by atoms with van der Waals surface area (Å²) in [7, 11) is 0. The van der Waals surface area contributed by atoms with Gasteiger partial charge < -0.3 is 10.3 Å². The number of anilines is 1. The lowest BCUT2D eigenvalue weighted by molar-refractivity contribution is 0.102. The highest BCUT2D eigenvalue weighted by molar-refractivity contribution is 7.08. The molecule has 0 radical (unpaired) electrons. The fourth-order valence-corrected chi connectivity index (χ4v) is 3.87. The predicted molar refractivity (Wildman–Crippen MR) is 106 cm³/mol. The van der Waals surface area contributed by atoms with Crippen molar-refractivity contribution in [2.75, 3.05) is 5.32 Å². The Labute approximate surface area is 152 Å². The molecule has 2 aromatic carbocycles. The van der Waals surface area contributed by atoms with E-state index in [2.05, 4.69) is 38.7 Å². The van der Waals surface area contributed by atoms with E-state index >= 15 is 0 Å². The van der Waals surface area contributed by atoms with Crippen LogP contribution in [-0.4, -0.2) is 21.1 Å². The summed E-state index contributed by atoms with van der Waals surface area (Å²) >= 11 is 1.50. The summed E-state index contributed by atoms with van der Waals surface area (Å²) in [6.07, 6.45) is 3.67. The molecule has 0 atom stereocenters. The number of carbonyl (C=O) groups is 1. The van der Waals surface area contributed by atoms with Crippen molar-refractivity contribution in [2.24, 2.45) is 0 Å². The summed E-state index contributed by atoms with van der Waals surface area (Å²) < 4.78 is 0. The molecule has 5 rings (SSSR count). The van der Waals surface area contributed by atoms with Crippen LogP contribution < -0.4 is 5.32 Å². The van der Waals surface area contributed by atoms with Crippen LogP contribution >= 0.6 is 11.3 Å². The molecule has 3 N–H and O–H groups in total. The van der Waals surface area contributed by atoms with E-state index in [4.69, 9.17) is 0 Å². The van der Waals surface area contributed by atoms with Crippen LogP contribution in [0.1, 0.15) is 10.4 Å². The van der Waals surface area contributed by atoms with Crippen molar-refractivity contribution in [3.8, 4) is 11.1 Å². The summed E-state index contributed by atoms with van der Waals surface area (Å²) in [6, 6.07) is 14.1. The molecule has 0 bridgehead atoms. The number of nitrogens with zero attached hydrogens (tertiary/aromatic N) is 1. The van der Waals surface area contributed by atoms with Crippen molar-refractivity contribution in [1.82, 2.24) is 15.2 Å². The van der Waals surface area contributed by atoms with Crippen molar-refractivity contribution in [3.63, 3.8) is 0 Å². The molecular formula is C20H14N4OS. The first-order valence-corrected chi connectivity index (χ1v) is 9.11. The van der Waals surface area contributed by atoms with Gasteiger partial charge in [0.25, 0.3) is 5.91 Å². The molecule has 0 fully saturated rings. The fourth-order valence-electron chi connectivity index (χ4n) is 3.24. The van der Waals surface area contributed by atoms with E-state index in [1.54, 1.807) is 6.20 Å². The number of H-pyrrole nitrogens is 2.